The van der Waals surface area contributed by atoms with Crippen molar-refractivity contribution >= 4 is 10.9 Å². The fraction of sp³-hybridized carbons (Fsp3) is 0.533. The summed E-state index contributed by atoms with van der Waals surface area (Å²) in [6, 6.07) is 8.26. The van der Waals surface area contributed by atoms with Crippen molar-refractivity contribution in [3.8, 4) is 0 Å². The van der Waals surface area contributed by atoms with E-state index in [4.69, 9.17) is 5.11 Å². The van der Waals surface area contributed by atoms with E-state index in [0.29, 0.717) is 0 Å². The van der Waals surface area contributed by atoms with E-state index in [2.05, 4.69) is 36.4 Å². The first-order chi connectivity index (χ1) is 9.09. The number of aliphatic hydroxyl groups is 1. The van der Waals surface area contributed by atoms with Gasteiger partial charge in [0, 0.05) is 31.1 Å². The number of aromatic nitrogens is 2. The van der Waals surface area contributed by atoms with Crippen molar-refractivity contribution in [3.63, 3.8) is 0 Å². The highest BCUT2D eigenvalue weighted by Crippen LogP contribution is 2.19. The van der Waals surface area contributed by atoms with E-state index in [1.54, 1.807) is 0 Å². The first-order valence-corrected chi connectivity index (χ1v) is 6.86. The van der Waals surface area contributed by atoms with Crippen LogP contribution in [0.1, 0.15) is 32.4 Å². The number of rotatable bonds is 6. The first-order valence-electron chi connectivity index (χ1n) is 6.86. The van der Waals surface area contributed by atoms with E-state index in [9.17, 15) is 0 Å². The Kier molecular flexibility index (Phi) is 4.22. The molecular weight excluding hydrogens is 238 g/mol. The minimum Gasteiger partial charge on any atom is -0.396 e. The number of aliphatic hydroxyl groups excluding tert-OH is 1. The van der Waals surface area contributed by atoms with E-state index in [1.807, 2.05) is 23.9 Å². The topological polar surface area (TPSA) is 50.1 Å². The maximum atomic E-state index is 9.15. The number of para-hydroxylation sites is 1. The van der Waals surface area contributed by atoms with Gasteiger partial charge in [0.2, 0.25) is 0 Å². The summed E-state index contributed by atoms with van der Waals surface area (Å²) in [7, 11) is 1.97. The van der Waals surface area contributed by atoms with E-state index < -0.39 is 0 Å². The number of benzene rings is 1. The van der Waals surface area contributed by atoms with Crippen molar-refractivity contribution < 1.29 is 5.11 Å². The smallest absolute Gasteiger partial charge is 0.0841 e. The van der Waals surface area contributed by atoms with Gasteiger partial charge in [0.25, 0.3) is 0 Å². The fourth-order valence-corrected chi connectivity index (χ4v) is 2.35. The van der Waals surface area contributed by atoms with Gasteiger partial charge < -0.3 is 10.4 Å². The molecular formula is C15H23N3O. The van der Waals surface area contributed by atoms with Gasteiger partial charge in [-0.25, -0.2) is 0 Å². The average molecular weight is 261 g/mol. The normalized spacial score (nSPS) is 14.7. The summed E-state index contributed by atoms with van der Waals surface area (Å²) in [4.78, 5) is 0. The van der Waals surface area contributed by atoms with E-state index in [0.717, 1.165) is 30.6 Å². The summed E-state index contributed by atoms with van der Waals surface area (Å²) in [6.07, 6.45) is 1.74. The standard InChI is InChI=1S/C15H23N3O/c1-4-15(2,9-10-19)16-11-13-12-7-5-6-8-14(12)18(3)17-13/h5-8,16,19H,4,9-11H2,1-3H3. The maximum Gasteiger partial charge on any atom is 0.0841 e. The second-order valence-electron chi connectivity index (χ2n) is 5.33. The van der Waals surface area contributed by atoms with Gasteiger partial charge in [-0.15, -0.1) is 0 Å². The van der Waals surface area contributed by atoms with Gasteiger partial charge in [0.15, 0.2) is 0 Å². The molecule has 0 aliphatic carbocycles. The minimum atomic E-state index is -0.0344. The molecule has 0 amide bonds. The number of hydrogen-bond acceptors (Lipinski definition) is 3. The molecule has 1 aromatic carbocycles. The zero-order chi connectivity index (χ0) is 13.9. The van der Waals surface area contributed by atoms with E-state index in [1.165, 1.54) is 5.39 Å². The van der Waals surface area contributed by atoms with Crippen LogP contribution < -0.4 is 5.32 Å². The van der Waals surface area contributed by atoms with Crippen LogP contribution >= 0.6 is 0 Å². The molecule has 1 aromatic heterocycles. The lowest BCUT2D eigenvalue weighted by molar-refractivity contribution is 0.214. The summed E-state index contributed by atoms with van der Waals surface area (Å²) in [5, 5.41) is 18.5. The summed E-state index contributed by atoms with van der Waals surface area (Å²) in [6.45, 7) is 5.22. The highest BCUT2D eigenvalue weighted by molar-refractivity contribution is 5.81. The van der Waals surface area contributed by atoms with Gasteiger partial charge in [-0.2, -0.15) is 5.10 Å². The fourth-order valence-electron chi connectivity index (χ4n) is 2.35. The van der Waals surface area contributed by atoms with Gasteiger partial charge in [-0.05, 0) is 25.8 Å². The molecule has 1 heterocycles. The molecule has 2 rings (SSSR count). The number of nitrogens with one attached hydrogen (secondary N) is 1. The van der Waals surface area contributed by atoms with Gasteiger partial charge in [0.05, 0.1) is 11.2 Å². The Bertz CT molecular complexity index is 549. The molecule has 4 heteroatoms. The lowest BCUT2D eigenvalue weighted by Gasteiger charge is -2.28. The first kappa shape index (κ1) is 14.0. The molecule has 2 N–H and O–H groups in total. The van der Waals surface area contributed by atoms with Crippen LogP contribution in [-0.4, -0.2) is 27.0 Å². The summed E-state index contributed by atoms with van der Waals surface area (Å²) >= 11 is 0. The Hall–Kier alpha value is -1.39. The van der Waals surface area contributed by atoms with Crippen LogP contribution in [0, 0.1) is 0 Å². The second-order valence-corrected chi connectivity index (χ2v) is 5.33. The quantitative estimate of drug-likeness (QED) is 0.838. The van der Waals surface area contributed by atoms with Gasteiger partial charge in [0.1, 0.15) is 0 Å². The van der Waals surface area contributed by atoms with Crippen molar-refractivity contribution in [2.75, 3.05) is 6.61 Å². The molecule has 0 radical (unpaired) electrons. The summed E-state index contributed by atoms with van der Waals surface area (Å²) in [5.41, 5.74) is 2.18. The average Bonchev–Trinajstić information content (AvgIpc) is 2.74. The molecule has 0 bridgehead atoms. The Morgan fingerprint density at radius 2 is 2.11 bits per heavy atom. The largest absolute Gasteiger partial charge is 0.396 e. The molecule has 0 fully saturated rings. The third-order valence-electron chi connectivity index (χ3n) is 3.96. The zero-order valence-electron chi connectivity index (χ0n) is 12.0. The Balaban J connectivity index is 2.18. The Morgan fingerprint density at radius 1 is 1.37 bits per heavy atom. The number of fused-ring (bicyclic) bond motifs is 1. The molecule has 1 atom stereocenters. The van der Waals surface area contributed by atoms with Crippen LogP contribution in [0.4, 0.5) is 0 Å². The zero-order valence-corrected chi connectivity index (χ0v) is 12.0. The number of nitrogens with zero attached hydrogens (tertiary/aromatic N) is 2. The molecule has 0 aliphatic heterocycles. The van der Waals surface area contributed by atoms with Crippen molar-refractivity contribution in [2.24, 2.45) is 7.05 Å². The molecule has 4 nitrogen and oxygen atoms in total. The van der Waals surface area contributed by atoms with Gasteiger partial charge in [-0.3, -0.25) is 4.68 Å². The van der Waals surface area contributed by atoms with Crippen LogP contribution in [0.15, 0.2) is 24.3 Å². The molecule has 0 saturated carbocycles. The SMILES string of the molecule is CCC(C)(CCO)NCc1nn(C)c2ccccc12. The highest BCUT2D eigenvalue weighted by atomic mass is 16.3. The van der Waals surface area contributed by atoms with Crippen LogP contribution in [0.2, 0.25) is 0 Å². The minimum absolute atomic E-state index is 0.0344. The lowest BCUT2D eigenvalue weighted by atomic mass is 9.95. The Labute approximate surface area is 114 Å². The number of aryl methyl sites for hydroxylation is 1. The van der Waals surface area contributed by atoms with Crippen molar-refractivity contribution in [3.05, 3.63) is 30.0 Å². The third-order valence-corrected chi connectivity index (χ3v) is 3.96. The molecule has 1 unspecified atom stereocenters. The van der Waals surface area contributed by atoms with Crippen molar-refractivity contribution in [2.45, 2.75) is 38.8 Å². The lowest BCUT2D eigenvalue weighted by Crippen LogP contribution is -2.42. The van der Waals surface area contributed by atoms with E-state index >= 15 is 0 Å². The van der Waals surface area contributed by atoms with Gasteiger partial charge in [-0.1, -0.05) is 25.1 Å². The predicted molar refractivity (Wildman–Crippen MR) is 78.0 cm³/mol. The molecule has 104 valence electrons. The van der Waals surface area contributed by atoms with Gasteiger partial charge >= 0.3 is 0 Å². The molecule has 0 spiro atoms. The number of hydrogen-bond donors (Lipinski definition) is 2. The van der Waals surface area contributed by atoms with Crippen molar-refractivity contribution in [1.82, 2.24) is 15.1 Å². The molecule has 0 aliphatic rings. The van der Waals surface area contributed by atoms with Crippen LogP contribution in [0.5, 0.6) is 0 Å². The van der Waals surface area contributed by atoms with E-state index in [-0.39, 0.29) is 12.1 Å². The van der Waals surface area contributed by atoms with Crippen LogP contribution in [-0.2, 0) is 13.6 Å². The summed E-state index contributed by atoms with van der Waals surface area (Å²) < 4.78 is 1.92. The monoisotopic (exact) mass is 261 g/mol. The second kappa shape index (κ2) is 5.72. The van der Waals surface area contributed by atoms with Crippen LogP contribution in [0.25, 0.3) is 10.9 Å². The molecule has 19 heavy (non-hydrogen) atoms. The maximum absolute atomic E-state index is 9.15. The molecule has 2 aromatic rings. The van der Waals surface area contributed by atoms with Crippen LogP contribution in [0.3, 0.4) is 0 Å². The Morgan fingerprint density at radius 3 is 2.79 bits per heavy atom. The highest BCUT2D eigenvalue weighted by Gasteiger charge is 2.21. The predicted octanol–water partition coefficient (Wildman–Crippen LogP) is 2.21. The third kappa shape index (κ3) is 2.96. The van der Waals surface area contributed by atoms with Crippen molar-refractivity contribution in [1.29, 1.82) is 0 Å². The summed E-state index contributed by atoms with van der Waals surface area (Å²) in [5.74, 6) is 0. The molecule has 0 saturated heterocycles.